The lowest BCUT2D eigenvalue weighted by atomic mass is 10.5. The molecule has 0 aliphatic rings. The molecule has 0 atom stereocenters. The van der Waals surface area contributed by atoms with Crippen molar-refractivity contribution in [1.82, 2.24) is 15.5 Å². The normalized spacial score (nSPS) is 11.9. The maximum atomic E-state index is 11.7. The van der Waals surface area contributed by atoms with Gasteiger partial charge in [0.1, 0.15) is 0 Å². The number of nitrogens with zero attached hydrogens (tertiary/aromatic N) is 1. The van der Waals surface area contributed by atoms with E-state index in [1.54, 1.807) is 0 Å². The Morgan fingerprint density at radius 1 is 1.38 bits per heavy atom. The largest absolute Gasteiger partial charge is 0.401 e. The second kappa shape index (κ2) is 7.45. The van der Waals surface area contributed by atoms with Crippen LogP contribution in [0, 0.1) is 0 Å². The van der Waals surface area contributed by atoms with Gasteiger partial charge in [-0.25, -0.2) is 0 Å². The van der Waals surface area contributed by atoms with Crippen LogP contribution in [0.15, 0.2) is 0 Å². The van der Waals surface area contributed by atoms with Gasteiger partial charge < -0.3 is 15.5 Å². The van der Waals surface area contributed by atoms with Crippen molar-refractivity contribution in [3.63, 3.8) is 0 Å². The third-order valence-electron chi connectivity index (χ3n) is 1.97. The third kappa shape index (κ3) is 9.72. The lowest BCUT2D eigenvalue weighted by Crippen LogP contribution is -2.40. The first-order valence-corrected chi connectivity index (χ1v) is 5.08. The number of rotatable bonds is 7. The van der Waals surface area contributed by atoms with E-state index in [2.05, 4.69) is 5.32 Å². The fourth-order valence-corrected chi connectivity index (χ4v) is 0.925. The number of carbonyl (C=O) groups excluding carboxylic acids is 1. The SMILES string of the molecule is CCN(C)CCNC(=O)CNCC(F)(F)F. The maximum absolute atomic E-state index is 11.7. The van der Waals surface area contributed by atoms with Gasteiger partial charge in [0.15, 0.2) is 0 Å². The molecular weight excluding hydrogens is 223 g/mol. The quantitative estimate of drug-likeness (QED) is 0.669. The summed E-state index contributed by atoms with van der Waals surface area (Å²) in [6.07, 6.45) is -4.28. The molecule has 0 saturated heterocycles. The summed E-state index contributed by atoms with van der Waals surface area (Å²) in [5, 5.41) is 4.55. The van der Waals surface area contributed by atoms with E-state index in [1.807, 2.05) is 24.2 Å². The standard InChI is InChI=1S/C9H18F3N3O/c1-3-15(2)5-4-14-8(16)6-13-7-9(10,11)12/h13H,3-7H2,1-2H3,(H,14,16). The van der Waals surface area contributed by atoms with Crippen LogP contribution in [0.4, 0.5) is 13.2 Å². The molecule has 16 heavy (non-hydrogen) atoms. The van der Waals surface area contributed by atoms with E-state index in [1.165, 1.54) is 0 Å². The molecule has 0 rings (SSSR count). The van der Waals surface area contributed by atoms with Gasteiger partial charge in [-0.05, 0) is 13.6 Å². The molecule has 0 aromatic rings. The lowest BCUT2D eigenvalue weighted by Gasteiger charge is -2.14. The van der Waals surface area contributed by atoms with Crippen LogP contribution in [0.5, 0.6) is 0 Å². The highest BCUT2D eigenvalue weighted by Gasteiger charge is 2.26. The number of halogens is 3. The molecule has 0 spiro atoms. The van der Waals surface area contributed by atoms with Gasteiger partial charge in [-0.1, -0.05) is 6.92 Å². The average Bonchev–Trinajstić information content (AvgIpc) is 2.15. The zero-order valence-corrected chi connectivity index (χ0v) is 9.52. The molecule has 0 bridgehead atoms. The molecule has 0 aliphatic carbocycles. The van der Waals surface area contributed by atoms with Gasteiger partial charge in [-0.2, -0.15) is 13.2 Å². The van der Waals surface area contributed by atoms with Crippen LogP contribution in [0.2, 0.25) is 0 Å². The van der Waals surface area contributed by atoms with Crippen LogP contribution in [0.1, 0.15) is 6.92 Å². The minimum absolute atomic E-state index is 0.310. The molecule has 4 nitrogen and oxygen atoms in total. The van der Waals surface area contributed by atoms with Crippen molar-refractivity contribution in [3.8, 4) is 0 Å². The number of nitrogens with one attached hydrogen (secondary N) is 2. The number of amides is 1. The summed E-state index contributed by atoms with van der Waals surface area (Å²) in [6.45, 7) is 2.51. The van der Waals surface area contributed by atoms with Gasteiger partial charge in [0.05, 0.1) is 13.1 Å². The summed E-state index contributed by atoms with van der Waals surface area (Å²) in [7, 11) is 1.90. The highest BCUT2D eigenvalue weighted by Crippen LogP contribution is 2.11. The fraction of sp³-hybridized carbons (Fsp3) is 0.889. The summed E-state index contributed by atoms with van der Waals surface area (Å²) >= 11 is 0. The molecule has 96 valence electrons. The Hall–Kier alpha value is -0.820. The topological polar surface area (TPSA) is 44.4 Å². The summed E-state index contributed by atoms with van der Waals surface area (Å²) in [5.41, 5.74) is 0. The number of hydrogen-bond acceptors (Lipinski definition) is 3. The zero-order chi connectivity index (χ0) is 12.6. The molecule has 0 radical (unpaired) electrons. The van der Waals surface area contributed by atoms with Crippen LogP contribution in [-0.4, -0.2) is 56.8 Å². The van der Waals surface area contributed by atoms with Crippen LogP contribution >= 0.6 is 0 Å². The first kappa shape index (κ1) is 15.2. The van der Waals surface area contributed by atoms with Crippen molar-refractivity contribution in [2.75, 3.05) is 39.8 Å². The smallest absolute Gasteiger partial charge is 0.354 e. The predicted molar refractivity (Wildman–Crippen MR) is 55.1 cm³/mol. The van der Waals surface area contributed by atoms with E-state index in [-0.39, 0.29) is 6.54 Å². The summed E-state index contributed by atoms with van der Waals surface area (Å²) in [6, 6.07) is 0. The molecule has 0 fully saturated rings. The van der Waals surface area contributed by atoms with Crippen LogP contribution in [0.25, 0.3) is 0 Å². The Balaban J connectivity index is 3.46. The third-order valence-corrected chi connectivity index (χ3v) is 1.97. The average molecular weight is 241 g/mol. The van der Waals surface area contributed by atoms with Crippen molar-refractivity contribution in [2.24, 2.45) is 0 Å². The van der Waals surface area contributed by atoms with E-state index in [4.69, 9.17) is 0 Å². The fourth-order valence-electron chi connectivity index (χ4n) is 0.925. The first-order valence-electron chi connectivity index (χ1n) is 5.08. The molecule has 0 aromatic carbocycles. The summed E-state index contributed by atoms with van der Waals surface area (Å²) in [4.78, 5) is 13.0. The van der Waals surface area contributed by atoms with Gasteiger partial charge in [0, 0.05) is 13.1 Å². The Kier molecular flexibility index (Phi) is 7.07. The van der Waals surface area contributed by atoms with Crippen molar-refractivity contribution >= 4 is 5.91 Å². The Morgan fingerprint density at radius 3 is 2.50 bits per heavy atom. The van der Waals surface area contributed by atoms with Crippen molar-refractivity contribution < 1.29 is 18.0 Å². The van der Waals surface area contributed by atoms with Crippen LogP contribution in [0.3, 0.4) is 0 Å². The maximum Gasteiger partial charge on any atom is 0.401 e. The number of hydrogen-bond donors (Lipinski definition) is 2. The number of likely N-dealkylation sites (N-methyl/N-ethyl adjacent to an activating group) is 1. The van der Waals surface area contributed by atoms with Crippen LogP contribution in [-0.2, 0) is 4.79 Å². The molecule has 2 N–H and O–H groups in total. The van der Waals surface area contributed by atoms with Gasteiger partial charge >= 0.3 is 6.18 Å². The second-order valence-electron chi connectivity index (χ2n) is 3.46. The monoisotopic (exact) mass is 241 g/mol. The summed E-state index contributed by atoms with van der Waals surface area (Å²) < 4.78 is 35.1. The lowest BCUT2D eigenvalue weighted by molar-refractivity contribution is -0.128. The van der Waals surface area contributed by atoms with Crippen molar-refractivity contribution in [1.29, 1.82) is 0 Å². The van der Waals surface area contributed by atoms with Crippen LogP contribution < -0.4 is 10.6 Å². The predicted octanol–water partition coefficient (Wildman–Crippen LogP) is 0.206. The van der Waals surface area contributed by atoms with Crippen molar-refractivity contribution in [3.05, 3.63) is 0 Å². The Morgan fingerprint density at radius 2 is 2.00 bits per heavy atom. The number of alkyl halides is 3. The second-order valence-corrected chi connectivity index (χ2v) is 3.46. The van der Waals surface area contributed by atoms with Gasteiger partial charge in [-0.15, -0.1) is 0 Å². The zero-order valence-electron chi connectivity index (χ0n) is 9.52. The van der Waals surface area contributed by atoms with E-state index in [0.717, 1.165) is 6.54 Å². The molecule has 0 unspecified atom stereocenters. The molecule has 1 amide bonds. The minimum Gasteiger partial charge on any atom is -0.354 e. The molecule has 0 aliphatic heterocycles. The Bertz CT molecular complexity index is 209. The molecule has 0 saturated carbocycles. The molecule has 0 heterocycles. The van der Waals surface area contributed by atoms with E-state index >= 15 is 0 Å². The van der Waals surface area contributed by atoms with Gasteiger partial charge in [-0.3, -0.25) is 4.79 Å². The molecular formula is C9H18F3N3O. The van der Waals surface area contributed by atoms with E-state index in [0.29, 0.717) is 13.1 Å². The van der Waals surface area contributed by atoms with E-state index in [9.17, 15) is 18.0 Å². The first-order chi connectivity index (χ1) is 7.35. The molecule has 0 aromatic heterocycles. The van der Waals surface area contributed by atoms with Gasteiger partial charge in [0.2, 0.25) is 5.91 Å². The van der Waals surface area contributed by atoms with E-state index < -0.39 is 18.6 Å². The van der Waals surface area contributed by atoms with Gasteiger partial charge in [0.25, 0.3) is 0 Å². The number of carbonyl (C=O) groups is 1. The highest BCUT2D eigenvalue weighted by atomic mass is 19.4. The van der Waals surface area contributed by atoms with Crippen molar-refractivity contribution in [2.45, 2.75) is 13.1 Å². The minimum atomic E-state index is -4.28. The summed E-state index contributed by atoms with van der Waals surface area (Å²) in [5.74, 6) is -0.422. The Labute approximate surface area is 93.2 Å². The molecule has 7 heteroatoms. The highest BCUT2D eigenvalue weighted by molar-refractivity contribution is 5.77.